The second kappa shape index (κ2) is 7.84. The highest BCUT2D eigenvalue weighted by Crippen LogP contribution is 2.29. The van der Waals surface area contributed by atoms with Gasteiger partial charge in [-0.2, -0.15) is 0 Å². The summed E-state index contributed by atoms with van der Waals surface area (Å²) in [5, 5.41) is 4.93. The molecule has 1 atom stereocenters. The number of rotatable bonds is 5. The van der Waals surface area contributed by atoms with Gasteiger partial charge >= 0.3 is 5.97 Å². The lowest BCUT2D eigenvalue weighted by molar-refractivity contribution is -0.122. The lowest BCUT2D eigenvalue weighted by Crippen LogP contribution is -2.29. The lowest BCUT2D eigenvalue weighted by Gasteiger charge is -2.19. The lowest BCUT2D eigenvalue weighted by atomic mass is 10.1. The van der Waals surface area contributed by atoms with Gasteiger partial charge in [-0.15, -0.1) is 22.9 Å². The molecule has 1 aromatic carbocycles. The van der Waals surface area contributed by atoms with Crippen molar-refractivity contribution in [3.05, 3.63) is 40.9 Å². The zero-order chi connectivity index (χ0) is 18.7. The van der Waals surface area contributed by atoms with Gasteiger partial charge in [-0.1, -0.05) is 12.1 Å². The molecule has 1 aliphatic heterocycles. The minimum Gasteiger partial charge on any atom is -0.465 e. The van der Waals surface area contributed by atoms with E-state index in [-0.39, 0.29) is 36.2 Å². The van der Waals surface area contributed by atoms with E-state index >= 15 is 0 Å². The third-order valence-electron chi connectivity index (χ3n) is 4.01. The molecule has 1 aliphatic rings. The molecule has 1 fully saturated rings. The van der Waals surface area contributed by atoms with Gasteiger partial charge in [0.2, 0.25) is 11.8 Å². The van der Waals surface area contributed by atoms with E-state index in [1.165, 1.54) is 23.3 Å². The van der Waals surface area contributed by atoms with Crippen molar-refractivity contribution in [2.45, 2.75) is 12.3 Å². The van der Waals surface area contributed by atoms with Crippen LogP contribution in [0.4, 0.5) is 10.8 Å². The zero-order valence-corrected chi connectivity index (χ0v) is 15.5. The second-order valence-electron chi connectivity index (χ2n) is 5.68. The molecular formula is C17H16ClN3O4S. The van der Waals surface area contributed by atoms with Gasteiger partial charge in [-0.05, 0) is 12.1 Å². The molecule has 0 saturated carbocycles. The van der Waals surface area contributed by atoms with E-state index in [4.69, 9.17) is 16.3 Å². The van der Waals surface area contributed by atoms with Crippen LogP contribution in [-0.4, -0.2) is 36.4 Å². The van der Waals surface area contributed by atoms with Crippen molar-refractivity contribution in [3.8, 4) is 0 Å². The fraction of sp³-hybridized carbons (Fsp3) is 0.294. The molecule has 2 aromatic rings. The van der Waals surface area contributed by atoms with E-state index in [9.17, 15) is 14.4 Å². The SMILES string of the molecule is COC(=O)c1ccccc1N1CC(C(=O)Nc2nc(CCl)cs2)CC1=O. The van der Waals surface area contributed by atoms with Gasteiger partial charge in [0, 0.05) is 18.3 Å². The van der Waals surface area contributed by atoms with Crippen LogP contribution in [0.1, 0.15) is 22.5 Å². The van der Waals surface area contributed by atoms with E-state index in [1.54, 1.807) is 29.6 Å². The van der Waals surface area contributed by atoms with Crippen LogP contribution in [0.2, 0.25) is 0 Å². The van der Waals surface area contributed by atoms with Crippen molar-refractivity contribution in [2.75, 3.05) is 23.9 Å². The van der Waals surface area contributed by atoms with Gasteiger partial charge in [-0.25, -0.2) is 9.78 Å². The molecule has 26 heavy (non-hydrogen) atoms. The Morgan fingerprint density at radius 2 is 2.19 bits per heavy atom. The van der Waals surface area contributed by atoms with Crippen LogP contribution < -0.4 is 10.2 Å². The fourth-order valence-electron chi connectivity index (χ4n) is 2.74. The first-order valence-electron chi connectivity index (χ1n) is 7.82. The number of nitrogens with zero attached hydrogens (tertiary/aromatic N) is 2. The van der Waals surface area contributed by atoms with E-state index in [2.05, 4.69) is 10.3 Å². The number of anilines is 2. The summed E-state index contributed by atoms with van der Waals surface area (Å²) in [7, 11) is 1.28. The van der Waals surface area contributed by atoms with E-state index < -0.39 is 11.9 Å². The predicted octanol–water partition coefficient (Wildman–Crippen LogP) is 2.66. The number of hydrogen-bond acceptors (Lipinski definition) is 6. The summed E-state index contributed by atoms with van der Waals surface area (Å²) >= 11 is 6.99. The average Bonchev–Trinajstić information content (AvgIpc) is 3.27. The minimum absolute atomic E-state index is 0.0646. The maximum Gasteiger partial charge on any atom is 0.339 e. The predicted molar refractivity (Wildman–Crippen MR) is 98.5 cm³/mol. The minimum atomic E-state index is -0.531. The molecule has 1 aromatic heterocycles. The van der Waals surface area contributed by atoms with Crippen LogP contribution in [0.5, 0.6) is 0 Å². The monoisotopic (exact) mass is 393 g/mol. The summed E-state index contributed by atoms with van der Waals surface area (Å²) in [5.41, 5.74) is 1.41. The third-order valence-corrected chi connectivity index (χ3v) is 5.10. The maximum absolute atomic E-state index is 12.5. The molecule has 0 aliphatic carbocycles. The standard InChI is InChI=1S/C17H16ClN3O4S/c1-25-16(24)12-4-2-3-5-13(12)21-8-10(6-14(21)22)15(23)20-17-19-11(7-18)9-26-17/h2-5,9-10H,6-8H2,1H3,(H,19,20,23). The van der Waals surface area contributed by atoms with Crippen LogP contribution >= 0.6 is 22.9 Å². The summed E-state index contributed by atoms with van der Waals surface area (Å²) < 4.78 is 4.76. The average molecular weight is 394 g/mol. The first kappa shape index (κ1) is 18.3. The van der Waals surface area contributed by atoms with Crippen LogP contribution in [0, 0.1) is 5.92 Å². The molecule has 9 heteroatoms. The Kier molecular flexibility index (Phi) is 5.53. The number of benzene rings is 1. The highest BCUT2D eigenvalue weighted by Gasteiger charge is 2.36. The Hall–Kier alpha value is -2.45. The van der Waals surface area contributed by atoms with Crippen molar-refractivity contribution in [3.63, 3.8) is 0 Å². The number of carbonyl (C=O) groups is 3. The molecule has 136 valence electrons. The second-order valence-corrected chi connectivity index (χ2v) is 6.81. The highest BCUT2D eigenvalue weighted by atomic mass is 35.5. The molecule has 0 radical (unpaired) electrons. The van der Waals surface area contributed by atoms with Crippen LogP contribution in [0.15, 0.2) is 29.6 Å². The molecule has 1 N–H and O–H groups in total. The van der Waals surface area contributed by atoms with E-state index in [0.717, 1.165) is 0 Å². The number of amides is 2. The van der Waals surface area contributed by atoms with Crippen LogP contribution in [0.25, 0.3) is 0 Å². The molecular weight excluding hydrogens is 378 g/mol. The quantitative estimate of drug-likeness (QED) is 0.623. The van der Waals surface area contributed by atoms with Crippen LogP contribution in [-0.2, 0) is 20.2 Å². The van der Waals surface area contributed by atoms with E-state index in [0.29, 0.717) is 16.5 Å². The number of thiazole rings is 1. The number of hydrogen-bond donors (Lipinski definition) is 1. The Balaban J connectivity index is 1.74. The number of halogens is 1. The number of ether oxygens (including phenoxy) is 1. The summed E-state index contributed by atoms with van der Waals surface area (Å²) in [6.07, 6.45) is 0.0646. The topological polar surface area (TPSA) is 88.6 Å². The number of aromatic nitrogens is 1. The number of carbonyl (C=O) groups excluding carboxylic acids is 3. The van der Waals surface area contributed by atoms with Gasteiger partial charge in [0.05, 0.1) is 35.9 Å². The van der Waals surface area contributed by atoms with Gasteiger partial charge in [0.25, 0.3) is 0 Å². The zero-order valence-electron chi connectivity index (χ0n) is 13.9. The number of alkyl halides is 1. The number of methoxy groups -OCH3 is 1. The first-order valence-corrected chi connectivity index (χ1v) is 9.23. The Labute approximate surface area is 158 Å². The normalized spacial score (nSPS) is 16.6. The van der Waals surface area contributed by atoms with E-state index in [1.807, 2.05) is 0 Å². The van der Waals surface area contributed by atoms with Crippen molar-refractivity contribution in [1.29, 1.82) is 0 Å². The van der Waals surface area contributed by atoms with Crippen molar-refractivity contribution < 1.29 is 19.1 Å². The Morgan fingerprint density at radius 1 is 1.42 bits per heavy atom. The molecule has 2 amide bonds. The molecule has 7 nitrogen and oxygen atoms in total. The molecule has 0 spiro atoms. The summed E-state index contributed by atoms with van der Waals surface area (Å²) in [6, 6.07) is 6.67. The highest BCUT2D eigenvalue weighted by molar-refractivity contribution is 7.14. The maximum atomic E-state index is 12.5. The Morgan fingerprint density at radius 3 is 2.88 bits per heavy atom. The van der Waals surface area contributed by atoms with Crippen molar-refractivity contribution in [2.24, 2.45) is 5.92 Å². The third kappa shape index (κ3) is 3.71. The molecule has 0 bridgehead atoms. The number of nitrogens with one attached hydrogen (secondary N) is 1. The molecule has 1 saturated heterocycles. The first-order chi connectivity index (χ1) is 12.5. The fourth-order valence-corrected chi connectivity index (χ4v) is 3.68. The van der Waals surface area contributed by atoms with Gasteiger partial charge in [-0.3, -0.25) is 9.59 Å². The number of esters is 1. The van der Waals surface area contributed by atoms with Crippen molar-refractivity contribution >= 4 is 51.5 Å². The summed E-state index contributed by atoms with van der Waals surface area (Å²) in [6.45, 7) is 0.187. The number of para-hydroxylation sites is 1. The van der Waals surface area contributed by atoms with Gasteiger partial charge in [0.15, 0.2) is 5.13 Å². The van der Waals surface area contributed by atoms with Gasteiger partial charge in [0.1, 0.15) is 0 Å². The van der Waals surface area contributed by atoms with Crippen LogP contribution in [0.3, 0.4) is 0 Å². The Bertz CT molecular complexity index is 854. The van der Waals surface area contributed by atoms with Crippen molar-refractivity contribution in [1.82, 2.24) is 4.98 Å². The molecule has 2 heterocycles. The largest absolute Gasteiger partial charge is 0.465 e. The molecule has 1 unspecified atom stereocenters. The summed E-state index contributed by atoms with van der Waals surface area (Å²) in [5.74, 6) is -1.30. The van der Waals surface area contributed by atoms with Gasteiger partial charge < -0.3 is 15.0 Å². The molecule has 3 rings (SSSR count). The summed E-state index contributed by atoms with van der Waals surface area (Å²) in [4.78, 5) is 42.4. The smallest absolute Gasteiger partial charge is 0.339 e.